The number of aromatic carboxylic acids is 1. The number of hydrogen-bond acceptors (Lipinski definition) is 4. The van der Waals surface area contributed by atoms with Gasteiger partial charge in [-0.25, -0.2) is 9.18 Å². The molecule has 3 aromatic carbocycles. The molecule has 3 N–H and O–H groups in total. The van der Waals surface area contributed by atoms with E-state index in [0.29, 0.717) is 33.7 Å². The monoisotopic (exact) mass is 484 g/mol. The maximum Gasteiger partial charge on any atom is 0.336 e. The molecule has 1 atom stereocenters. The molecule has 4 rings (SSSR count). The number of rotatable bonds is 7. The Morgan fingerprint density at radius 1 is 0.944 bits per heavy atom. The summed E-state index contributed by atoms with van der Waals surface area (Å²) in [4.78, 5) is 26.0. The van der Waals surface area contributed by atoms with Crippen molar-refractivity contribution in [2.24, 2.45) is 5.16 Å². The topological polar surface area (TPSA) is 103 Å². The Bertz CT molecular complexity index is 1520. The Kier molecular flexibility index (Phi) is 7.10. The first-order valence-electron chi connectivity index (χ1n) is 11.4. The molecule has 6 nitrogen and oxygen atoms in total. The summed E-state index contributed by atoms with van der Waals surface area (Å²) in [7, 11) is 0. The summed E-state index contributed by atoms with van der Waals surface area (Å²) in [5.41, 5.74) is 4.27. The van der Waals surface area contributed by atoms with Gasteiger partial charge in [-0.1, -0.05) is 59.8 Å². The molecule has 0 saturated carbocycles. The zero-order valence-corrected chi connectivity index (χ0v) is 19.8. The fourth-order valence-corrected chi connectivity index (χ4v) is 4.55. The minimum absolute atomic E-state index is 0.0864. The van der Waals surface area contributed by atoms with Crippen LogP contribution >= 0.6 is 0 Å². The van der Waals surface area contributed by atoms with Crippen molar-refractivity contribution in [1.29, 1.82) is 0 Å². The van der Waals surface area contributed by atoms with Gasteiger partial charge in [0.25, 0.3) is 0 Å². The van der Waals surface area contributed by atoms with Crippen LogP contribution in [0.1, 0.15) is 50.6 Å². The third-order valence-electron chi connectivity index (χ3n) is 6.35. The van der Waals surface area contributed by atoms with E-state index in [0.717, 1.165) is 11.1 Å². The lowest BCUT2D eigenvalue weighted by atomic mass is 9.82. The van der Waals surface area contributed by atoms with Gasteiger partial charge in [-0.2, -0.15) is 0 Å². The summed E-state index contributed by atoms with van der Waals surface area (Å²) in [5, 5.41) is 22.9. The summed E-state index contributed by atoms with van der Waals surface area (Å²) in [5.74, 6) is -2.10. The second-order valence-corrected chi connectivity index (χ2v) is 8.61. The number of carbonyl (C=O) groups is 1. The van der Waals surface area contributed by atoms with Crippen LogP contribution in [0.3, 0.4) is 0 Å². The lowest BCUT2D eigenvalue weighted by Gasteiger charge is -2.22. The lowest BCUT2D eigenvalue weighted by Crippen LogP contribution is -2.16. The molecule has 0 fully saturated rings. The van der Waals surface area contributed by atoms with Crippen molar-refractivity contribution in [3.8, 4) is 11.1 Å². The van der Waals surface area contributed by atoms with Crippen LogP contribution in [0, 0.1) is 19.7 Å². The number of nitrogens with one attached hydrogen (secondary N) is 1. The van der Waals surface area contributed by atoms with Gasteiger partial charge >= 0.3 is 5.97 Å². The largest absolute Gasteiger partial charge is 0.478 e. The maximum absolute atomic E-state index is 15.7. The third-order valence-corrected chi connectivity index (χ3v) is 6.35. The van der Waals surface area contributed by atoms with Gasteiger partial charge in [-0.15, -0.1) is 0 Å². The number of benzene rings is 3. The molecule has 0 radical (unpaired) electrons. The van der Waals surface area contributed by atoms with E-state index >= 15 is 4.39 Å². The number of pyridine rings is 1. The van der Waals surface area contributed by atoms with E-state index < -0.39 is 17.7 Å². The Balaban J connectivity index is 1.82. The van der Waals surface area contributed by atoms with Crippen LogP contribution in [0.2, 0.25) is 0 Å². The molecule has 4 aromatic rings. The fraction of sp³-hybridized carbons (Fsp3) is 0.138. The molecule has 0 spiro atoms. The highest BCUT2D eigenvalue weighted by molar-refractivity contribution is 6.01. The number of oxime groups is 1. The predicted molar refractivity (Wildman–Crippen MR) is 137 cm³/mol. The van der Waals surface area contributed by atoms with Crippen LogP contribution in [-0.4, -0.2) is 27.0 Å². The van der Waals surface area contributed by atoms with Crippen LogP contribution < -0.4 is 5.56 Å². The van der Waals surface area contributed by atoms with Gasteiger partial charge in [0.15, 0.2) is 0 Å². The zero-order valence-electron chi connectivity index (χ0n) is 19.8. The molecular formula is C29H25FN2O4. The van der Waals surface area contributed by atoms with Gasteiger partial charge in [0.05, 0.1) is 11.3 Å². The standard InChI is InChI=1S/C29H25FN2O4/c1-17-7-3-4-8-20(17)25(16-27(32-36)21-13-14-28(33)31-18(21)2)23-12-11-19(15-26(23)30)22-9-5-6-10-24(22)29(34)35/h3-15,25,36H,16H2,1-2H3,(H,31,33)(H,34,35)/b32-27+. The van der Waals surface area contributed by atoms with Gasteiger partial charge in [-0.05, 0) is 59.9 Å². The quantitative estimate of drug-likeness (QED) is 0.173. The second kappa shape index (κ2) is 10.4. The van der Waals surface area contributed by atoms with E-state index in [4.69, 9.17) is 0 Å². The highest BCUT2D eigenvalue weighted by Gasteiger charge is 2.24. The van der Waals surface area contributed by atoms with Gasteiger partial charge in [0, 0.05) is 29.7 Å². The molecule has 0 amide bonds. The molecule has 1 heterocycles. The molecule has 0 aliphatic carbocycles. The van der Waals surface area contributed by atoms with Crippen molar-refractivity contribution in [3.05, 3.63) is 129 Å². The van der Waals surface area contributed by atoms with E-state index in [9.17, 15) is 19.9 Å². The highest BCUT2D eigenvalue weighted by atomic mass is 19.1. The van der Waals surface area contributed by atoms with Crippen LogP contribution in [-0.2, 0) is 0 Å². The lowest BCUT2D eigenvalue weighted by molar-refractivity contribution is 0.0697. The zero-order chi connectivity index (χ0) is 25.8. The van der Waals surface area contributed by atoms with Crippen LogP contribution in [0.5, 0.6) is 0 Å². The molecule has 182 valence electrons. The number of halogens is 1. The number of H-pyrrole nitrogens is 1. The Hall–Kier alpha value is -4.52. The van der Waals surface area contributed by atoms with Crippen molar-refractivity contribution in [3.63, 3.8) is 0 Å². The molecular weight excluding hydrogens is 459 g/mol. The summed E-state index contributed by atoms with van der Waals surface area (Å²) in [6.07, 6.45) is 0.163. The molecule has 0 bridgehead atoms. The average molecular weight is 485 g/mol. The number of carboxylic acids is 1. The average Bonchev–Trinajstić information content (AvgIpc) is 2.86. The van der Waals surface area contributed by atoms with Gasteiger partial charge in [0.1, 0.15) is 5.82 Å². The molecule has 36 heavy (non-hydrogen) atoms. The van der Waals surface area contributed by atoms with Crippen molar-refractivity contribution in [1.82, 2.24) is 4.98 Å². The van der Waals surface area contributed by atoms with E-state index in [1.807, 2.05) is 31.2 Å². The van der Waals surface area contributed by atoms with Gasteiger partial charge in [-0.3, -0.25) is 4.79 Å². The molecule has 0 saturated heterocycles. The Morgan fingerprint density at radius 3 is 2.33 bits per heavy atom. The number of carboxylic acid groups (broad SMARTS) is 1. The second-order valence-electron chi connectivity index (χ2n) is 8.61. The van der Waals surface area contributed by atoms with Gasteiger partial charge < -0.3 is 15.3 Å². The van der Waals surface area contributed by atoms with E-state index in [-0.39, 0.29) is 17.5 Å². The van der Waals surface area contributed by atoms with Crippen molar-refractivity contribution in [2.75, 3.05) is 0 Å². The molecule has 7 heteroatoms. The van der Waals surface area contributed by atoms with E-state index in [1.165, 1.54) is 18.2 Å². The predicted octanol–water partition coefficient (Wildman–Crippen LogP) is 5.90. The fourth-order valence-electron chi connectivity index (χ4n) is 4.55. The molecule has 1 aromatic heterocycles. The number of hydrogen-bond donors (Lipinski definition) is 3. The number of aromatic nitrogens is 1. The van der Waals surface area contributed by atoms with Gasteiger partial charge in [0.2, 0.25) is 5.56 Å². The Labute approximate surface area is 207 Å². The summed E-state index contributed by atoms with van der Waals surface area (Å²) in [6, 6.07) is 21.7. The third kappa shape index (κ3) is 4.95. The number of aromatic amines is 1. The minimum Gasteiger partial charge on any atom is -0.478 e. The van der Waals surface area contributed by atoms with Crippen molar-refractivity contribution >= 4 is 11.7 Å². The highest BCUT2D eigenvalue weighted by Crippen LogP contribution is 2.35. The van der Waals surface area contributed by atoms with Crippen LogP contribution in [0.25, 0.3) is 11.1 Å². The first-order chi connectivity index (χ1) is 17.3. The first-order valence-corrected chi connectivity index (χ1v) is 11.4. The maximum atomic E-state index is 15.7. The molecule has 0 aliphatic rings. The number of aryl methyl sites for hydroxylation is 2. The summed E-state index contributed by atoms with van der Waals surface area (Å²) in [6.45, 7) is 3.64. The number of nitrogens with zero attached hydrogens (tertiary/aromatic N) is 1. The van der Waals surface area contributed by atoms with Crippen LogP contribution in [0.15, 0.2) is 88.8 Å². The summed E-state index contributed by atoms with van der Waals surface area (Å²) < 4.78 is 15.7. The van der Waals surface area contributed by atoms with E-state index in [2.05, 4.69) is 10.1 Å². The summed E-state index contributed by atoms with van der Waals surface area (Å²) >= 11 is 0. The first kappa shape index (κ1) is 24.6. The van der Waals surface area contributed by atoms with Crippen molar-refractivity contribution in [2.45, 2.75) is 26.2 Å². The Morgan fingerprint density at radius 2 is 1.67 bits per heavy atom. The molecule has 1 unspecified atom stereocenters. The smallest absolute Gasteiger partial charge is 0.336 e. The van der Waals surface area contributed by atoms with E-state index in [1.54, 1.807) is 43.3 Å². The minimum atomic E-state index is -1.09. The SMILES string of the molecule is Cc1ccccc1C(C/C(=N\O)c1ccc(=O)[nH]c1C)c1ccc(-c2ccccc2C(=O)O)cc1F. The normalized spacial score (nSPS) is 12.4. The van der Waals surface area contributed by atoms with Crippen molar-refractivity contribution < 1.29 is 19.5 Å². The molecule has 0 aliphatic heterocycles. The van der Waals surface area contributed by atoms with Crippen LogP contribution in [0.4, 0.5) is 4.39 Å².